The third-order valence-corrected chi connectivity index (χ3v) is 8.27. The van der Waals surface area contributed by atoms with Gasteiger partial charge in [0.1, 0.15) is 6.33 Å². The number of fused-ring (bicyclic) bond motifs is 1. The molecule has 5 aromatic rings. The largest absolute Gasteiger partial charge is 0.463 e. The maximum Gasteiger partial charge on any atom is 0.320 e. The van der Waals surface area contributed by atoms with E-state index >= 15 is 0 Å². The minimum Gasteiger partial charge on any atom is -0.463 e. The molecule has 1 fully saturated rings. The Morgan fingerprint density at radius 3 is 2.66 bits per heavy atom. The van der Waals surface area contributed by atoms with Gasteiger partial charge in [-0.05, 0) is 61.9 Å². The van der Waals surface area contributed by atoms with Crippen molar-refractivity contribution in [2.75, 3.05) is 25.0 Å². The molecular formula is C27H27N7O2S2. The molecule has 0 aliphatic carbocycles. The third kappa shape index (κ3) is 5.11. The van der Waals surface area contributed by atoms with E-state index in [1.54, 1.807) is 29.0 Å². The van der Waals surface area contributed by atoms with Gasteiger partial charge in [0.2, 0.25) is 0 Å². The number of carbonyl (C=O) groups excluding carboxylic acids is 1. The Bertz CT molecular complexity index is 1540. The van der Waals surface area contributed by atoms with Crippen LogP contribution in [-0.4, -0.2) is 55.0 Å². The first kappa shape index (κ1) is 24.5. The van der Waals surface area contributed by atoms with E-state index in [4.69, 9.17) is 9.72 Å². The lowest BCUT2D eigenvalue weighted by Crippen LogP contribution is -2.35. The van der Waals surface area contributed by atoms with Crippen LogP contribution in [0.15, 0.2) is 52.9 Å². The number of hydrogen-bond donors (Lipinski definition) is 1. The zero-order valence-corrected chi connectivity index (χ0v) is 22.6. The van der Waals surface area contributed by atoms with Crippen molar-refractivity contribution in [1.29, 1.82) is 0 Å². The molecule has 0 atom stereocenters. The van der Waals surface area contributed by atoms with E-state index < -0.39 is 0 Å². The number of nitrogens with one attached hydrogen (secondary N) is 1. The van der Waals surface area contributed by atoms with Gasteiger partial charge >= 0.3 is 6.01 Å². The number of benzene rings is 1. The van der Waals surface area contributed by atoms with Gasteiger partial charge in [-0.15, -0.1) is 11.3 Å². The lowest BCUT2D eigenvalue weighted by Gasteiger charge is -2.26. The van der Waals surface area contributed by atoms with Crippen LogP contribution in [0.5, 0.6) is 6.01 Å². The number of imidazole rings is 1. The first-order chi connectivity index (χ1) is 18.7. The van der Waals surface area contributed by atoms with E-state index in [-0.39, 0.29) is 11.9 Å². The molecular weight excluding hydrogens is 518 g/mol. The summed E-state index contributed by atoms with van der Waals surface area (Å²) < 4.78 is 7.94. The molecule has 0 radical (unpaired) electrons. The van der Waals surface area contributed by atoms with Crippen molar-refractivity contribution in [1.82, 2.24) is 29.4 Å². The smallest absolute Gasteiger partial charge is 0.320 e. The lowest BCUT2D eigenvalue weighted by atomic mass is 10.1. The number of thiophene rings is 1. The molecule has 6 rings (SSSR count). The SMILES string of the molecule is Cc1ncsc1CCOc1nc(Nc2ccc(C(=O)N3CCCCC3)cc2)c2ncn(-c3ccsc3)c2n1. The lowest BCUT2D eigenvalue weighted by molar-refractivity contribution is 0.0724. The fraction of sp³-hybridized carbons (Fsp3) is 0.296. The maximum atomic E-state index is 12.9. The van der Waals surface area contributed by atoms with E-state index in [0.29, 0.717) is 29.2 Å². The predicted molar refractivity (Wildman–Crippen MR) is 150 cm³/mol. The third-order valence-electron chi connectivity index (χ3n) is 6.60. The number of nitrogens with zero attached hydrogens (tertiary/aromatic N) is 6. The van der Waals surface area contributed by atoms with Gasteiger partial charge in [-0.25, -0.2) is 9.97 Å². The predicted octanol–water partition coefficient (Wildman–Crippen LogP) is 5.63. The summed E-state index contributed by atoms with van der Waals surface area (Å²) in [6.45, 7) is 4.10. The molecule has 4 aromatic heterocycles. The summed E-state index contributed by atoms with van der Waals surface area (Å²) in [6, 6.07) is 9.80. The van der Waals surface area contributed by atoms with E-state index in [1.807, 2.05) is 63.0 Å². The van der Waals surface area contributed by atoms with Gasteiger partial charge in [-0.1, -0.05) is 0 Å². The molecule has 1 aliphatic heterocycles. The molecule has 5 heterocycles. The highest BCUT2D eigenvalue weighted by atomic mass is 32.1. The van der Waals surface area contributed by atoms with E-state index in [2.05, 4.69) is 20.3 Å². The summed E-state index contributed by atoms with van der Waals surface area (Å²) in [5.74, 6) is 0.630. The Morgan fingerprint density at radius 1 is 1.08 bits per heavy atom. The fourth-order valence-corrected chi connectivity index (χ4v) is 5.92. The fourth-order valence-electron chi connectivity index (χ4n) is 4.53. The van der Waals surface area contributed by atoms with Crippen LogP contribution >= 0.6 is 22.7 Å². The zero-order valence-electron chi connectivity index (χ0n) is 21.0. The van der Waals surface area contributed by atoms with Crippen LogP contribution in [-0.2, 0) is 6.42 Å². The van der Waals surface area contributed by atoms with Crippen molar-refractivity contribution in [3.63, 3.8) is 0 Å². The number of likely N-dealkylation sites (tertiary alicyclic amines) is 1. The number of anilines is 2. The number of piperidine rings is 1. The highest BCUT2D eigenvalue weighted by Gasteiger charge is 2.19. The first-order valence-corrected chi connectivity index (χ1v) is 14.4. The number of hydrogen-bond acceptors (Lipinski definition) is 9. The van der Waals surface area contributed by atoms with Crippen LogP contribution in [0.4, 0.5) is 11.5 Å². The van der Waals surface area contributed by atoms with Gasteiger partial charge in [-0.2, -0.15) is 21.3 Å². The van der Waals surface area contributed by atoms with Gasteiger partial charge in [0, 0.05) is 41.0 Å². The van der Waals surface area contributed by atoms with Crippen LogP contribution in [0.3, 0.4) is 0 Å². The minimum atomic E-state index is 0.0852. The Hall–Kier alpha value is -3.83. The second-order valence-corrected chi connectivity index (χ2v) is 10.9. The summed E-state index contributed by atoms with van der Waals surface area (Å²) in [5, 5.41) is 7.43. The summed E-state index contributed by atoms with van der Waals surface area (Å²) in [7, 11) is 0. The highest BCUT2D eigenvalue weighted by molar-refractivity contribution is 7.09. The molecule has 0 unspecified atom stereocenters. The molecule has 38 heavy (non-hydrogen) atoms. The number of aromatic nitrogens is 5. The number of amides is 1. The van der Waals surface area contributed by atoms with E-state index in [0.717, 1.165) is 49.4 Å². The van der Waals surface area contributed by atoms with Crippen molar-refractivity contribution in [2.24, 2.45) is 0 Å². The molecule has 1 saturated heterocycles. The summed E-state index contributed by atoms with van der Waals surface area (Å²) in [4.78, 5) is 34.3. The normalized spacial score (nSPS) is 13.7. The first-order valence-electron chi connectivity index (χ1n) is 12.6. The Balaban J connectivity index is 1.26. The van der Waals surface area contributed by atoms with Crippen molar-refractivity contribution >= 4 is 51.2 Å². The summed E-state index contributed by atoms with van der Waals surface area (Å²) in [6.07, 6.45) is 5.82. The Kier molecular flexibility index (Phi) is 7.02. The topological polar surface area (TPSA) is 98.1 Å². The minimum absolute atomic E-state index is 0.0852. The van der Waals surface area contributed by atoms with Gasteiger partial charge in [0.25, 0.3) is 5.91 Å². The van der Waals surface area contributed by atoms with Gasteiger partial charge < -0.3 is 15.0 Å². The number of carbonyl (C=O) groups is 1. The number of aryl methyl sites for hydroxylation is 1. The quantitative estimate of drug-likeness (QED) is 0.270. The second-order valence-electron chi connectivity index (χ2n) is 9.14. The summed E-state index contributed by atoms with van der Waals surface area (Å²) >= 11 is 3.23. The molecule has 194 valence electrons. The van der Waals surface area contributed by atoms with Crippen LogP contribution < -0.4 is 10.1 Å². The maximum absolute atomic E-state index is 12.9. The van der Waals surface area contributed by atoms with Gasteiger partial charge in [-0.3, -0.25) is 9.36 Å². The Morgan fingerprint density at radius 2 is 1.92 bits per heavy atom. The van der Waals surface area contributed by atoms with Crippen molar-refractivity contribution in [2.45, 2.75) is 32.6 Å². The number of rotatable bonds is 8. The van der Waals surface area contributed by atoms with Crippen molar-refractivity contribution in [3.05, 3.63) is 69.1 Å². The van der Waals surface area contributed by atoms with Crippen molar-refractivity contribution in [3.8, 4) is 11.7 Å². The molecule has 0 bridgehead atoms. The second kappa shape index (κ2) is 10.9. The van der Waals surface area contributed by atoms with Crippen LogP contribution in [0.1, 0.15) is 40.2 Å². The van der Waals surface area contributed by atoms with Crippen LogP contribution in [0.2, 0.25) is 0 Å². The molecule has 9 nitrogen and oxygen atoms in total. The van der Waals surface area contributed by atoms with Crippen LogP contribution in [0.25, 0.3) is 16.9 Å². The van der Waals surface area contributed by atoms with Crippen molar-refractivity contribution < 1.29 is 9.53 Å². The average molecular weight is 546 g/mol. The molecule has 1 aromatic carbocycles. The molecule has 1 aliphatic rings. The van der Waals surface area contributed by atoms with E-state index in [1.165, 1.54) is 11.3 Å². The monoisotopic (exact) mass is 545 g/mol. The van der Waals surface area contributed by atoms with E-state index in [9.17, 15) is 4.79 Å². The molecule has 0 saturated carbocycles. The highest BCUT2D eigenvalue weighted by Crippen LogP contribution is 2.28. The zero-order chi connectivity index (χ0) is 25.9. The average Bonchev–Trinajstić information content (AvgIpc) is 3.71. The molecule has 1 amide bonds. The Labute approximate surface area is 228 Å². The summed E-state index contributed by atoms with van der Waals surface area (Å²) in [5.41, 5.74) is 6.63. The molecule has 11 heteroatoms. The number of thiazole rings is 1. The molecule has 1 N–H and O–H groups in total. The number of ether oxygens (including phenoxy) is 1. The molecule has 0 spiro atoms. The van der Waals surface area contributed by atoms with Gasteiger partial charge in [0.05, 0.1) is 23.5 Å². The van der Waals surface area contributed by atoms with Gasteiger partial charge in [0.15, 0.2) is 17.0 Å². The van der Waals surface area contributed by atoms with Crippen LogP contribution in [0, 0.1) is 6.92 Å². The standard InChI is InChI=1S/C27H27N7O2S2/c1-18-22(38-17-29-18)9-13-36-27-31-24(23-25(32-27)34(16-28-23)21-10-14-37-15-21)30-20-7-5-19(6-8-20)26(35)33-11-3-2-4-12-33/h5-8,10,14-17H,2-4,9,11-13H2,1H3,(H,30,31,32).